The van der Waals surface area contributed by atoms with E-state index in [1.165, 1.54) is 0 Å². The number of hydrogen-bond donors (Lipinski definition) is 1. The van der Waals surface area contributed by atoms with Crippen LogP contribution in [0.25, 0.3) is 16.8 Å². The fraction of sp³-hybridized carbons (Fsp3) is 0.333. The first-order chi connectivity index (χ1) is 10.6. The predicted octanol–water partition coefficient (Wildman–Crippen LogP) is 4.08. The molecule has 0 amide bonds. The van der Waals surface area contributed by atoms with Crippen molar-refractivity contribution in [2.24, 2.45) is 5.92 Å². The van der Waals surface area contributed by atoms with Crippen LogP contribution in [0, 0.1) is 19.8 Å². The van der Waals surface area contributed by atoms with Gasteiger partial charge in [0.1, 0.15) is 5.82 Å². The minimum absolute atomic E-state index is 0.578. The molecule has 0 atom stereocenters. The molecule has 0 radical (unpaired) electrons. The van der Waals surface area contributed by atoms with Gasteiger partial charge in [-0.25, -0.2) is 4.98 Å². The van der Waals surface area contributed by atoms with E-state index in [1.807, 2.05) is 36.6 Å². The Morgan fingerprint density at radius 1 is 1.14 bits per heavy atom. The summed E-state index contributed by atoms with van der Waals surface area (Å²) in [5, 5.41) is 8.18. The van der Waals surface area contributed by atoms with E-state index in [2.05, 4.69) is 37.4 Å². The summed E-state index contributed by atoms with van der Waals surface area (Å²) in [4.78, 5) is 4.72. The standard InChI is InChI=1S/C18H22N4/c1-12(2)11-19-16-10-13(3)20-18-17(14(4)21-22(16)18)15-8-6-5-7-9-15/h5-10,12,19H,11H2,1-4H3. The molecule has 22 heavy (non-hydrogen) atoms. The highest BCUT2D eigenvalue weighted by molar-refractivity contribution is 5.80. The summed E-state index contributed by atoms with van der Waals surface area (Å²) in [6.07, 6.45) is 0. The summed E-state index contributed by atoms with van der Waals surface area (Å²) in [6, 6.07) is 12.4. The second kappa shape index (κ2) is 5.79. The third-order valence-corrected chi connectivity index (χ3v) is 3.65. The quantitative estimate of drug-likeness (QED) is 0.788. The van der Waals surface area contributed by atoms with E-state index in [9.17, 15) is 0 Å². The predicted molar refractivity (Wildman–Crippen MR) is 91.2 cm³/mol. The van der Waals surface area contributed by atoms with Crippen LogP contribution in [0.4, 0.5) is 5.82 Å². The molecule has 4 heteroatoms. The van der Waals surface area contributed by atoms with Crippen LogP contribution >= 0.6 is 0 Å². The zero-order chi connectivity index (χ0) is 15.7. The Kier molecular flexibility index (Phi) is 3.84. The fourth-order valence-corrected chi connectivity index (χ4v) is 2.62. The van der Waals surface area contributed by atoms with Crippen molar-refractivity contribution in [2.45, 2.75) is 27.7 Å². The lowest BCUT2D eigenvalue weighted by atomic mass is 10.1. The number of nitrogens with one attached hydrogen (secondary N) is 1. The Morgan fingerprint density at radius 3 is 2.55 bits per heavy atom. The molecule has 0 bridgehead atoms. The van der Waals surface area contributed by atoms with Crippen LogP contribution in [0.1, 0.15) is 25.2 Å². The molecule has 2 heterocycles. The number of nitrogens with zero attached hydrogens (tertiary/aromatic N) is 3. The van der Waals surface area contributed by atoms with Crippen molar-refractivity contribution in [3.05, 3.63) is 47.8 Å². The van der Waals surface area contributed by atoms with Gasteiger partial charge in [-0.3, -0.25) is 0 Å². The molecule has 3 rings (SSSR count). The van der Waals surface area contributed by atoms with Gasteiger partial charge in [-0.1, -0.05) is 44.2 Å². The third kappa shape index (κ3) is 2.69. The molecule has 0 spiro atoms. The summed E-state index contributed by atoms with van der Waals surface area (Å²) in [5.74, 6) is 1.58. The number of rotatable bonds is 4. The second-order valence-electron chi connectivity index (χ2n) is 6.12. The van der Waals surface area contributed by atoms with Crippen LogP contribution in [0.3, 0.4) is 0 Å². The summed E-state index contributed by atoms with van der Waals surface area (Å²) >= 11 is 0. The van der Waals surface area contributed by atoms with E-state index in [0.717, 1.165) is 40.5 Å². The van der Waals surface area contributed by atoms with Gasteiger partial charge in [0, 0.05) is 23.9 Å². The maximum atomic E-state index is 4.72. The molecular weight excluding hydrogens is 272 g/mol. The number of aromatic nitrogens is 3. The summed E-state index contributed by atoms with van der Waals surface area (Å²) in [6.45, 7) is 9.37. The van der Waals surface area contributed by atoms with Gasteiger partial charge in [0.15, 0.2) is 5.65 Å². The van der Waals surface area contributed by atoms with Crippen molar-refractivity contribution in [2.75, 3.05) is 11.9 Å². The molecule has 114 valence electrons. The minimum Gasteiger partial charge on any atom is -0.370 e. The number of anilines is 1. The van der Waals surface area contributed by atoms with Gasteiger partial charge >= 0.3 is 0 Å². The van der Waals surface area contributed by atoms with Crippen molar-refractivity contribution < 1.29 is 0 Å². The van der Waals surface area contributed by atoms with Crippen LogP contribution in [0.2, 0.25) is 0 Å². The maximum absolute atomic E-state index is 4.72. The number of aryl methyl sites for hydroxylation is 2. The zero-order valence-electron chi connectivity index (χ0n) is 13.6. The summed E-state index contributed by atoms with van der Waals surface area (Å²) in [5.41, 5.74) is 5.17. The average molecular weight is 294 g/mol. The highest BCUT2D eigenvalue weighted by Gasteiger charge is 2.15. The lowest BCUT2D eigenvalue weighted by Crippen LogP contribution is -2.12. The fourth-order valence-electron chi connectivity index (χ4n) is 2.62. The average Bonchev–Trinajstić information content (AvgIpc) is 2.81. The van der Waals surface area contributed by atoms with Crippen molar-refractivity contribution in [3.8, 4) is 11.1 Å². The molecule has 3 aromatic rings. The van der Waals surface area contributed by atoms with Gasteiger partial charge in [0.25, 0.3) is 0 Å². The Hall–Kier alpha value is -2.36. The van der Waals surface area contributed by atoms with E-state index in [1.54, 1.807) is 0 Å². The molecule has 2 aromatic heterocycles. The van der Waals surface area contributed by atoms with Crippen molar-refractivity contribution in [1.29, 1.82) is 0 Å². The molecule has 0 saturated carbocycles. The van der Waals surface area contributed by atoms with Crippen LogP contribution < -0.4 is 5.32 Å². The first kappa shape index (κ1) is 14.6. The molecule has 0 aliphatic carbocycles. The van der Waals surface area contributed by atoms with E-state index < -0.39 is 0 Å². The molecule has 1 N–H and O–H groups in total. The summed E-state index contributed by atoms with van der Waals surface area (Å²) < 4.78 is 1.92. The minimum atomic E-state index is 0.578. The Bertz CT molecular complexity index is 788. The van der Waals surface area contributed by atoms with Crippen LogP contribution in [-0.2, 0) is 0 Å². The van der Waals surface area contributed by atoms with Crippen molar-refractivity contribution >= 4 is 11.5 Å². The monoisotopic (exact) mass is 294 g/mol. The van der Waals surface area contributed by atoms with E-state index in [-0.39, 0.29) is 0 Å². The van der Waals surface area contributed by atoms with Gasteiger partial charge in [-0.2, -0.15) is 9.61 Å². The Morgan fingerprint density at radius 2 is 1.86 bits per heavy atom. The second-order valence-corrected chi connectivity index (χ2v) is 6.12. The molecule has 0 aliphatic heterocycles. The van der Waals surface area contributed by atoms with Crippen LogP contribution in [0.5, 0.6) is 0 Å². The van der Waals surface area contributed by atoms with E-state index in [4.69, 9.17) is 10.1 Å². The van der Waals surface area contributed by atoms with Crippen molar-refractivity contribution in [3.63, 3.8) is 0 Å². The number of fused-ring (bicyclic) bond motifs is 1. The molecule has 0 unspecified atom stereocenters. The van der Waals surface area contributed by atoms with Gasteiger partial charge in [-0.05, 0) is 25.3 Å². The first-order valence-electron chi connectivity index (χ1n) is 7.72. The Labute approximate surface area is 131 Å². The molecule has 0 saturated heterocycles. The third-order valence-electron chi connectivity index (χ3n) is 3.65. The maximum Gasteiger partial charge on any atom is 0.165 e. The molecule has 4 nitrogen and oxygen atoms in total. The van der Waals surface area contributed by atoms with E-state index in [0.29, 0.717) is 5.92 Å². The van der Waals surface area contributed by atoms with Crippen molar-refractivity contribution in [1.82, 2.24) is 14.6 Å². The highest BCUT2D eigenvalue weighted by Crippen LogP contribution is 2.28. The molecular formula is C18H22N4. The van der Waals surface area contributed by atoms with Gasteiger partial charge in [-0.15, -0.1) is 0 Å². The highest BCUT2D eigenvalue weighted by atomic mass is 15.3. The van der Waals surface area contributed by atoms with E-state index >= 15 is 0 Å². The first-order valence-corrected chi connectivity index (χ1v) is 7.72. The topological polar surface area (TPSA) is 42.2 Å². The number of benzene rings is 1. The lowest BCUT2D eigenvalue weighted by Gasteiger charge is -2.11. The molecule has 0 fully saturated rings. The lowest BCUT2D eigenvalue weighted by molar-refractivity contribution is 0.683. The van der Waals surface area contributed by atoms with Crippen LogP contribution in [0.15, 0.2) is 36.4 Å². The molecule has 0 aliphatic rings. The summed E-state index contributed by atoms with van der Waals surface area (Å²) in [7, 11) is 0. The zero-order valence-corrected chi connectivity index (χ0v) is 13.6. The normalized spacial score (nSPS) is 11.3. The van der Waals surface area contributed by atoms with Gasteiger partial charge in [0.05, 0.1) is 5.69 Å². The SMILES string of the molecule is Cc1cc(NCC(C)C)n2nc(C)c(-c3ccccc3)c2n1. The number of hydrogen-bond acceptors (Lipinski definition) is 3. The largest absolute Gasteiger partial charge is 0.370 e. The molecule has 1 aromatic carbocycles. The smallest absolute Gasteiger partial charge is 0.165 e. The van der Waals surface area contributed by atoms with Gasteiger partial charge < -0.3 is 5.32 Å². The Balaban J connectivity index is 2.17. The van der Waals surface area contributed by atoms with Gasteiger partial charge in [0.2, 0.25) is 0 Å². The van der Waals surface area contributed by atoms with Crippen LogP contribution in [-0.4, -0.2) is 21.1 Å².